The van der Waals surface area contributed by atoms with Crippen molar-refractivity contribution in [1.29, 1.82) is 0 Å². The lowest BCUT2D eigenvalue weighted by Gasteiger charge is -2.25. The van der Waals surface area contributed by atoms with Gasteiger partial charge >= 0.3 is 5.97 Å². The molecule has 2 aliphatic rings. The third-order valence-corrected chi connectivity index (χ3v) is 4.64. The highest BCUT2D eigenvalue weighted by molar-refractivity contribution is 6.08. The highest BCUT2D eigenvalue weighted by atomic mass is 19.1. The molecule has 2 heterocycles. The first-order valence-electron chi connectivity index (χ1n) is 9.06. The van der Waals surface area contributed by atoms with E-state index >= 15 is 0 Å². The van der Waals surface area contributed by atoms with Crippen LogP contribution in [0, 0.1) is 5.82 Å². The topological polar surface area (TPSA) is 97.3 Å². The number of amides is 1. The van der Waals surface area contributed by atoms with Crippen molar-refractivity contribution in [1.82, 2.24) is 4.90 Å². The fourth-order valence-electron chi connectivity index (χ4n) is 3.17. The van der Waals surface area contributed by atoms with Gasteiger partial charge in [-0.3, -0.25) is 4.79 Å². The number of esters is 1. The molecule has 0 saturated carbocycles. The molecule has 28 heavy (non-hydrogen) atoms. The van der Waals surface area contributed by atoms with E-state index in [0.29, 0.717) is 26.1 Å². The molecule has 1 fully saturated rings. The lowest BCUT2D eigenvalue weighted by Crippen LogP contribution is -2.31. The van der Waals surface area contributed by atoms with Gasteiger partial charge in [0, 0.05) is 19.4 Å². The summed E-state index contributed by atoms with van der Waals surface area (Å²) in [7, 11) is 1.20. The minimum atomic E-state index is -0.695. The molecule has 0 radical (unpaired) electrons. The second-order valence-corrected chi connectivity index (χ2v) is 6.46. The number of nitrogens with zero attached hydrogens (tertiary/aromatic N) is 1. The van der Waals surface area contributed by atoms with Gasteiger partial charge in [0.15, 0.2) is 0 Å². The normalized spacial score (nSPS) is 17.8. The monoisotopic (exact) mass is 394 g/mol. The standard InChI is InChI=1S/C19H23FN2O6/c1-26-19(25)13-11-22(7-8-23)18(24)16(13)21-17-14(20)3-2-4-15(17)28-12-5-9-27-10-6-12/h2-4,12,21,23H,5-11H2,1H3. The Kier molecular flexibility index (Phi) is 6.48. The number of halogens is 1. The van der Waals surface area contributed by atoms with Gasteiger partial charge < -0.3 is 29.5 Å². The van der Waals surface area contributed by atoms with Crippen LogP contribution in [0.15, 0.2) is 29.5 Å². The molecule has 0 aliphatic carbocycles. The van der Waals surface area contributed by atoms with Crippen molar-refractivity contribution in [2.45, 2.75) is 18.9 Å². The number of rotatable bonds is 7. The van der Waals surface area contributed by atoms with Crippen LogP contribution in [0.2, 0.25) is 0 Å². The molecule has 1 amide bonds. The van der Waals surface area contributed by atoms with E-state index < -0.39 is 17.7 Å². The summed E-state index contributed by atoms with van der Waals surface area (Å²) in [5.74, 6) is -1.58. The summed E-state index contributed by atoms with van der Waals surface area (Å²) in [6.07, 6.45) is 1.22. The number of aliphatic hydroxyl groups is 1. The van der Waals surface area contributed by atoms with Gasteiger partial charge in [-0.1, -0.05) is 6.07 Å². The average Bonchev–Trinajstić information content (AvgIpc) is 3.01. The Hall–Kier alpha value is -2.65. The van der Waals surface area contributed by atoms with E-state index in [1.165, 1.54) is 24.1 Å². The molecule has 2 aliphatic heterocycles. The predicted octanol–water partition coefficient (Wildman–Crippen LogP) is 1.06. The van der Waals surface area contributed by atoms with Crippen molar-refractivity contribution in [3.63, 3.8) is 0 Å². The van der Waals surface area contributed by atoms with E-state index in [9.17, 15) is 14.0 Å². The molecule has 2 N–H and O–H groups in total. The van der Waals surface area contributed by atoms with Gasteiger partial charge in [-0.2, -0.15) is 0 Å². The molecular weight excluding hydrogens is 371 g/mol. The van der Waals surface area contributed by atoms with Crippen LogP contribution in [-0.2, 0) is 19.1 Å². The van der Waals surface area contributed by atoms with Crippen molar-refractivity contribution < 1.29 is 33.3 Å². The van der Waals surface area contributed by atoms with E-state index in [-0.39, 0.29) is 48.5 Å². The minimum Gasteiger partial charge on any atom is -0.488 e. The Balaban J connectivity index is 1.90. The number of hydrogen-bond acceptors (Lipinski definition) is 7. The summed E-state index contributed by atoms with van der Waals surface area (Å²) >= 11 is 0. The van der Waals surface area contributed by atoms with E-state index in [0.717, 1.165) is 0 Å². The predicted molar refractivity (Wildman–Crippen MR) is 97.2 cm³/mol. The molecule has 3 rings (SSSR count). The molecular formula is C19H23FN2O6. The quantitative estimate of drug-likeness (QED) is 0.668. The maximum absolute atomic E-state index is 14.6. The maximum Gasteiger partial charge on any atom is 0.337 e. The zero-order valence-electron chi connectivity index (χ0n) is 15.6. The summed E-state index contributed by atoms with van der Waals surface area (Å²) in [6.45, 7) is 0.890. The number of nitrogens with one attached hydrogen (secondary N) is 1. The first-order valence-corrected chi connectivity index (χ1v) is 9.06. The number of aliphatic hydroxyl groups excluding tert-OH is 1. The number of carbonyl (C=O) groups excluding carboxylic acids is 2. The summed E-state index contributed by atoms with van der Waals surface area (Å²) in [4.78, 5) is 26.0. The van der Waals surface area contributed by atoms with Crippen LogP contribution in [0.4, 0.5) is 10.1 Å². The number of anilines is 1. The Bertz CT molecular complexity index is 776. The van der Waals surface area contributed by atoms with Crippen molar-refractivity contribution in [2.24, 2.45) is 0 Å². The Morgan fingerprint density at radius 1 is 1.39 bits per heavy atom. The highest BCUT2D eigenvalue weighted by Crippen LogP contribution is 2.33. The Morgan fingerprint density at radius 2 is 2.14 bits per heavy atom. The minimum absolute atomic E-state index is 0.0235. The summed E-state index contributed by atoms with van der Waals surface area (Å²) in [6, 6.07) is 4.35. The van der Waals surface area contributed by atoms with Crippen molar-refractivity contribution in [2.75, 3.05) is 45.3 Å². The van der Waals surface area contributed by atoms with Crippen LogP contribution >= 0.6 is 0 Å². The fourth-order valence-corrected chi connectivity index (χ4v) is 3.17. The molecule has 0 atom stereocenters. The zero-order chi connectivity index (χ0) is 20.1. The van der Waals surface area contributed by atoms with E-state index in [4.69, 9.17) is 19.3 Å². The summed E-state index contributed by atoms with van der Waals surface area (Å²) in [5, 5.41) is 11.9. The summed E-state index contributed by atoms with van der Waals surface area (Å²) in [5.41, 5.74) is -0.0342. The molecule has 1 saturated heterocycles. The molecule has 0 bridgehead atoms. The van der Waals surface area contributed by atoms with E-state index in [1.807, 2.05) is 0 Å². The van der Waals surface area contributed by atoms with Crippen molar-refractivity contribution in [3.05, 3.63) is 35.3 Å². The van der Waals surface area contributed by atoms with Crippen LogP contribution in [0.3, 0.4) is 0 Å². The van der Waals surface area contributed by atoms with Crippen LogP contribution in [0.25, 0.3) is 0 Å². The molecule has 152 valence electrons. The molecule has 1 aromatic carbocycles. The summed E-state index contributed by atoms with van der Waals surface area (Å²) < 4.78 is 30.5. The second kappa shape index (κ2) is 9.03. The van der Waals surface area contributed by atoms with Gasteiger partial charge in [-0.15, -0.1) is 0 Å². The largest absolute Gasteiger partial charge is 0.488 e. The molecule has 9 heteroatoms. The number of para-hydroxylation sites is 1. The zero-order valence-corrected chi connectivity index (χ0v) is 15.6. The van der Waals surface area contributed by atoms with Crippen LogP contribution in [0.1, 0.15) is 12.8 Å². The highest BCUT2D eigenvalue weighted by Gasteiger charge is 2.35. The number of hydrogen-bond donors (Lipinski definition) is 2. The number of carbonyl (C=O) groups is 2. The number of methoxy groups -OCH3 is 1. The number of benzene rings is 1. The van der Waals surface area contributed by atoms with Gasteiger partial charge in [0.05, 0.1) is 39.0 Å². The molecule has 0 unspecified atom stereocenters. The van der Waals surface area contributed by atoms with Gasteiger partial charge in [0.1, 0.15) is 29.1 Å². The maximum atomic E-state index is 14.6. The van der Waals surface area contributed by atoms with Crippen molar-refractivity contribution >= 4 is 17.6 Å². The number of β-amino-alcohol motifs (C(OH)–C–C–N with tert-alkyl or cyclic N) is 1. The van der Waals surface area contributed by atoms with E-state index in [1.54, 1.807) is 6.07 Å². The molecule has 0 aromatic heterocycles. The van der Waals surface area contributed by atoms with Gasteiger partial charge in [0.2, 0.25) is 0 Å². The van der Waals surface area contributed by atoms with Gasteiger partial charge in [-0.25, -0.2) is 9.18 Å². The van der Waals surface area contributed by atoms with Gasteiger partial charge in [-0.05, 0) is 12.1 Å². The molecule has 0 spiro atoms. The lowest BCUT2D eigenvalue weighted by atomic mass is 10.1. The van der Waals surface area contributed by atoms with Crippen molar-refractivity contribution in [3.8, 4) is 5.75 Å². The Morgan fingerprint density at radius 3 is 2.82 bits per heavy atom. The van der Waals surface area contributed by atoms with Crippen LogP contribution in [0.5, 0.6) is 5.75 Å². The first kappa shape index (κ1) is 20.1. The SMILES string of the molecule is COC(=O)C1=C(Nc2c(F)cccc2OC2CCOCC2)C(=O)N(CCO)C1. The molecule has 8 nitrogen and oxygen atoms in total. The number of ether oxygens (including phenoxy) is 3. The second-order valence-electron chi connectivity index (χ2n) is 6.46. The van der Waals surface area contributed by atoms with Gasteiger partial charge in [0.25, 0.3) is 5.91 Å². The molecule has 1 aromatic rings. The average molecular weight is 394 g/mol. The fraction of sp³-hybridized carbons (Fsp3) is 0.474. The Labute approximate surface area is 161 Å². The van der Waals surface area contributed by atoms with E-state index in [2.05, 4.69) is 5.32 Å². The first-order chi connectivity index (χ1) is 13.5. The smallest absolute Gasteiger partial charge is 0.337 e. The van der Waals surface area contributed by atoms with Crippen LogP contribution < -0.4 is 10.1 Å². The van der Waals surface area contributed by atoms with Crippen LogP contribution in [-0.4, -0.2) is 68.0 Å². The third-order valence-electron chi connectivity index (χ3n) is 4.64. The lowest BCUT2D eigenvalue weighted by molar-refractivity contribution is -0.136. The third kappa shape index (κ3) is 4.26.